The fourth-order valence-electron chi connectivity index (χ4n) is 5.02. The van der Waals surface area contributed by atoms with Crippen LogP contribution in [0.25, 0.3) is 0 Å². The average Bonchev–Trinajstić information content (AvgIpc) is 2.78. The van der Waals surface area contributed by atoms with Crippen molar-refractivity contribution in [3.63, 3.8) is 0 Å². The molecule has 202 valence electrons. The molecule has 1 saturated heterocycles. The van der Waals surface area contributed by atoms with Crippen LogP contribution in [0.2, 0.25) is 0 Å². The van der Waals surface area contributed by atoms with Crippen molar-refractivity contribution in [1.82, 2.24) is 0 Å². The molecule has 6 atom stereocenters. The van der Waals surface area contributed by atoms with Crippen molar-refractivity contribution in [3.8, 4) is 17.2 Å². The number of aryl methyl sites for hydroxylation is 1. The van der Waals surface area contributed by atoms with Gasteiger partial charge in [0.2, 0.25) is 18.2 Å². The number of rotatable bonds is 5. The van der Waals surface area contributed by atoms with E-state index < -0.39 is 60.1 Å². The quantitative estimate of drug-likeness (QED) is 0.486. The lowest BCUT2D eigenvalue weighted by atomic mass is 9.74. The van der Waals surface area contributed by atoms with Gasteiger partial charge >= 0.3 is 11.9 Å². The second-order valence-corrected chi connectivity index (χ2v) is 9.49. The number of hydrogen-bond donors (Lipinski definition) is 3. The Morgan fingerprint density at radius 2 is 1.42 bits per heavy atom. The smallest absolute Gasteiger partial charge is 0.303 e. The number of ketones is 2. The van der Waals surface area contributed by atoms with E-state index in [0.29, 0.717) is 11.1 Å². The zero-order valence-electron chi connectivity index (χ0n) is 21.4. The summed E-state index contributed by atoms with van der Waals surface area (Å²) in [6.45, 7) is 6.78. The van der Waals surface area contributed by atoms with Gasteiger partial charge in [-0.05, 0) is 49.6 Å². The minimum atomic E-state index is -1.40. The maximum atomic E-state index is 13.3. The van der Waals surface area contributed by atoms with E-state index in [9.17, 15) is 34.5 Å². The molecule has 1 fully saturated rings. The highest BCUT2D eigenvalue weighted by Gasteiger charge is 2.49. The lowest BCUT2D eigenvalue weighted by Gasteiger charge is -2.42. The molecular weight excluding hydrogens is 500 g/mol. The number of aromatic hydroxyl groups is 2. The number of phenolic OH excluding ortho intramolecular Hbond substituents is 2. The molecule has 0 radical (unpaired) electrons. The van der Waals surface area contributed by atoms with Crippen LogP contribution >= 0.6 is 0 Å². The third-order valence-electron chi connectivity index (χ3n) is 6.51. The molecule has 11 nitrogen and oxygen atoms in total. The van der Waals surface area contributed by atoms with Crippen LogP contribution in [0.3, 0.4) is 0 Å². The fourth-order valence-corrected chi connectivity index (χ4v) is 5.02. The van der Waals surface area contributed by atoms with Crippen LogP contribution in [-0.2, 0) is 28.6 Å². The lowest BCUT2D eigenvalue weighted by molar-refractivity contribution is -0.277. The van der Waals surface area contributed by atoms with E-state index >= 15 is 0 Å². The lowest BCUT2D eigenvalue weighted by Crippen LogP contribution is -2.60. The van der Waals surface area contributed by atoms with Crippen LogP contribution in [0.5, 0.6) is 17.2 Å². The molecule has 11 heteroatoms. The molecule has 4 rings (SSSR count). The Hall–Kier alpha value is -3.96. The summed E-state index contributed by atoms with van der Waals surface area (Å²) in [5.74, 6) is -4.35. The van der Waals surface area contributed by atoms with Crippen molar-refractivity contribution < 1.29 is 53.4 Å². The van der Waals surface area contributed by atoms with Crippen LogP contribution in [0, 0.1) is 6.92 Å². The molecule has 2 aromatic rings. The largest absolute Gasteiger partial charge is 0.507 e. The van der Waals surface area contributed by atoms with Crippen molar-refractivity contribution >= 4 is 23.5 Å². The minimum absolute atomic E-state index is 0.0482. The normalized spacial score (nSPS) is 26.1. The predicted molar refractivity (Wildman–Crippen MR) is 129 cm³/mol. The molecule has 0 saturated carbocycles. The molecule has 1 unspecified atom stereocenters. The maximum Gasteiger partial charge on any atom is 0.303 e. The average molecular weight is 529 g/mol. The third kappa shape index (κ3) is 4.82. The molecule has 1 aliphatic carbocycles. The first-order valence-electron chi connectivity index (χ1n) is 11.9. The second-order valence-electron chi connectivity index (χ2n) is 9.49. The number of aliphatic hydroxyl groups is 1. The van der Waals surface area contributed by atoms with Gasteiger partial charge in [-0.15, -0.1) is 0 Å². The Kier molecular flexibility index (Phi) is 7.18. The second kappa shape index (κ2) is 10.1. The molecule has 2 aliphatic rings. The number of hydrogen-bond acceptors (Lipinski definition) is 11. The Morgan fingerprint density at radius 3 is 2.00 bits per heavy atom. The van der Waals surface area contributed by atoms with Gasteiger partial charge in [0.05, 0.1) is 23.1 Å². The summed E-state index contributed by atoms with van der Waals surface area (Å²) >= 11 is 0. The zero-order valence-corrected chi connectivity index (χ0v) is 21.4. The third-order valence-corrected chi connectivity index (χ3v) is 6.51. The molecule has 3 N–H and O–H groups in total. The van der Waals surface area contributed by atoms with Gasteiger partial charge in [-0.2, -0.15) is 0 Å². The number of phenols is 2. The van der Waals surface area contributed by atoms with Crippen molar-refractivity contribution in [1.29, 1.82) is 0 Å². The summed E-state index contributed by atoms with van der Waals surface area (Å²) in [5.41, 5.74) is 0.850. The highest BCUT2D eigenvalue weighted by atomic mass is 16.7. The van der Waals surface area contributed by atoms with E-state index in [1.807, 2.05) is 0 Å². The number of benzene rings is 2. The maximum absolute atomic E-state index is 13.3. The minimum Gasteiger partial charge on any atom is -0.507 e. The first-order valence-corrected chi connectivity index (χ1v) is 11.9. The molecule has 38 heavy (non-hydrogen) atoms. The van der Waals surface area contributed by atoms with Crippen molar-refractivity contribution in [2.24, 2.45) is 0 Å². The Morgan fingerprint density at radius 1 is 0.868 bits per heavy atom. The number of ether oxygens (including phenoxy) is 4. The summed E-state index contributed by atoms with van der Waals surface area (Å²) in [5, 5.41) is 31.9. The van der Waals surface area contributed by atoms with Gasteiger partial charge in [-0.25, -0.2) is 0 Å². The molecule has 0 aromatic heterocycles. The van der Waals surface area contributed by atoms with E-state index in [2.05, 4.69) is 0 Å². The van der Waals surface area contributed by atoms with Gasteiger partial charge in [-0.1, -0.05) is 6.07 Å². The summed E-state index contributed by atoms with van der Waals surface area (Å²) in [6, 6.07) is 5.53. The molecule has 1 aliphatic heterocycles. The predicted octanol–water partition coefficient (Wildman–Crippen LogP) is 2.02. The van der Waals surface area contributed by atoms with Gasteiger partial charge in [0.15, 0.2) is 6.10 Å². The van der Waals surface area contributed by atoms with Gasteiger partial charge in [0.25, 0.3) is 0 Å². The molecule has 0 bridgehead atoms. The van der Waals surface area contributed by atoms with Crippen LogP contribution in [-0.4, -0.2) is 69.5 Å². The van der Waals surface area contributed by atoms with Crippen molar-refractivity contribution in [2.45, 2.75) is 71.2 Å². The summed E-state index contributed by atoms with van der Waals surface area (Å²) in [6.07, 6.45) is -6.35. The van der Waals surface area contributed by atoms with Crippen LogP contribution < -0.4 is 4.74 Å². The zero-order chi connectivity index (χ0) is 28.0. The van der Waals surface area contributed by atoms with Gasteiger partial charge in [0, 0.05) is 19.9 Å². The standard InChI is InChI=1S/C27H28O11/c1-10-6-16-20(11(2)28)17-8-15(9-19(32)22(17)24(34)21(16)18(31)7-10)38-27-26(37-14(5)30)25(36-13(4)29)23(33)12(3)35-27/h6-9,12,20,23,25-27,31-33H,1-5H3/t12-,20?,23-,25+,26+,27-/m0/s1. The van der Waals surface area contributed by atoms with Crippen LogP contribution in [0.1, 0.15) is 66.2 Å². The van der Waals surface area contributed by atoms with E-state index in [0.717, 1.165) is 19.9 Å². The van der Waals surface area contributed by atoms with E-state index in [4.69, 9.17) is 18.9 Å². The van der Waals surface area contributed by atoms with Crippen LogP contribution in [0.15, 0.2) is 24.3 Å². The molecule has 1 heterocycles. The number of aliphatic hydroxyl groups excluding tert-OH is 1. The Balaban J connectivity index is 1.79. The summed E-state index contributed by atoms with van der Waals surface area (Å²) in [4.78, 5) is 49.6. The first kappa shape index (κ1) is 27.1. The topological polar surface area (TPSA) is 166 Å². The molecule has 0 spiro atoms. The molecular formula is C27H28O11. The highest BCUT2D eigenvalue weighted by molar-refractivity contribution is 6.18. The number of carbonyl (C=O) groups is 4. The number of Topliss-reactive ketones (excluding diaryl/α,β-unsaturated/α-hetero) is 1. The molecule has 2 aromatic carbocycles. The van der Waals surface area contributed by atoms with Crippen LogP contribution in [0.4, 0.5) is 0 Å². The first-order chi connectivity index (χ1) is 17.8. The number of fused-ring (bicyclic) bond motifs is 2. The Labute approximate surface area is 217 Å². The van der Waals surface area contributed by atoms with Crippen molar-refractivity contribution in [2.75, 3.05) is 0 Å². The number of esters is 2. The van der Waals surface area contributed by atoms with E-state index in [1.54, 1.807) is 13.0 Å². The number of carbonyl (C=O) groups excluding carboxylic acids is 4. The van der Waals surface area contributed by atoms with E-state index in [-0.39, 0.29) is 34.0 Å². The summed E-state index contributed by atoms with van der Waals surface area (Å²) < 4.78 is 22.1. The SMILES string of the molecule is CC(=O)O[C@@H]1[C@@H](O)[C@H](C)O[C@@H](Oc2cc(O)c3c(c2)C(C(C)=O)c2cc(C)cc(O)c2C3=O)[C@@H]1OC(C)=O. The van der Waals surface area contributed by atoms with Gasteiger partial charge in [0.1, 0.15) is 29.1 Å². The highest BCUT2D eigenvalue weighted by Crippen LogP contribution is 2.46. The van der Waals surface area contributed by atoms with Gasteiger partial charge in [-0.3, -0.25) is 19.2 Å². The fraction of sp³-hybridized carbons (Fsp3) is 0.407. The van der Waals surface area contributed by atoms with Crippen molar-refractivity contribution in [3.05, 3.63) is 52.1 Å². The van der Waals surface area contributed by atoms with Gasteiger partial charge < -0.3 is 34.3 Å². The summed E-state index contributed by atoms with van der Waals surface area (Å²) in [7, 11) is 0. The monoisotopic (exact) mass is 528 g/mol. The molecule has 0 amide bonds. The van der Waals surface area contributed by atoms with E-state index in [1.165, 1.54) is 26.0 Å². The Bertz CT molecular complexity index is 1330.